The fourth-order valence-electron chi connectivity index (χ4n) is 4.64. The van der Waals surface area contributed by atoms with Crippen molar-refractivity contribution in [1.29, 1.82) is 0 Å². The second-order valence-electron chi connectivity index (χ2n) is 9.42. The van der Waals surface area contributed by atoms with Gasteiger partial charge in [-0.2, -0.15) is 0 Å². The summed E-state index contributed by atoms with van der Waals surface area (Å²) in [6.07, 6.45) is 6.84. The van der Waals surface area contributed by atoms with Crippen LogP contribution in [0.4, 0.5) is 0 Å². The van der Waals surface area contributed by atoms with E-state index in [1.165, 1.54) is 40.7 Å². The molecule has 0 radical (unpaired) electrons. The van der Waals surface area contributed by atoms with E-state index in [4.69, 9.17) is 5.11 Å². The Morgan fingerprint density at radius 2 is 1.52 bits per heavy atom. The van der Waals surface area contributed by atoms with Crippen molar-refractivity contribution in [3.63, 3.8) is 0 Å². The molecule has 4 rings (SSSR count). The molecular formula is C25H28O2. The number of carboxylic acid groups (broad SMARTS) is 1. The summed E-state index contributed by atoms with van der Waals surface area (Å²) < 4.78 is 0. The number of aromatic carboxylic acids is 1. The van der Waals surface area contributed by atoms with Gasteiger partial charge in [-0.05, 0) is 82.0 Å². The first-order valence-electron chi connectivity index (χ1n) is 9.90. The van der Waals surface area contributed by atoms with Crippen molar-refractivity contribution in [2.45, 2.75) is 64.2 Å². The Labute approximate surface area is 161 Å². The van der Waals surface area contributed by atoms with Crippen LogP contribution in [0.15, 0.2) is 36.4 Å². The molecule has 0 fully saturated rings. The number of benzene rings is 2. The summed E-state index contributed by atoms with van der Waals surface area (Å²) in [5.74, 6) is -0.878. The molecule has 0 heterocycles. The van der Waals surface area contributed by atoms with Crippen LogP contribution in [-0.4, -0.2) is 11.1 Å². The number of carboxylic acids is 1. The van der Waals surface area contributed by atoms with Crippen LogP contribution in [0.25, 0.3) is 11.6 Å². The molecule has 2 aliphatic carbocycles. The molecule has 2 aliphatic rings. The first-order chi connectivity index (χ1) is 12.7. The molecule has 0 aliphatic heterocycles. The molecule has 27 heavy (non-hydrogen) atoms. The van der Waals surface area contributed by atoms with Crippen molar-refractivity contribution in [2.24, 2.45) is 0 Å². The molecule has 0 bridgehead atoms. The van der Waals surface area contributed by atoms with Gasteiger partial charge in [0.1, 0.15) is 0 Å². The highest BCUT2D eigenvalue weighted by molar-refractivity contribution is 5.89. The highest BCUT2D eigenvalue weighted by atomic mass is 16.4. The van der Waals surface area contributed by atoms with Crippen LogP contribution in [0.1, 0.15) is 85.1 Å². The smallest absolute Gasteiger partial charge is 0.335 e. The van der Waals surface area contributed by atoms with Crippen LogP contribution in [0.5, 0.6) is 0 Å². The summed E-state index contributed by atoms with van der Waals surface area (Å²) in [6, 6.07) is 12.1. The molecule has 0 amide bonds. The van der Waals surface area contributed by atoms with Crippen molar-refractivity contribution in [3.8, 4) is 0 Å². The molecule has 0 spiro atoms. The maximum Gasteiger partial charge on any atom is 0.335 e. The summed E-state index contributed by atoms with van der Waals surface area (Å²) in [4.78, 5) is 11.1. The van der Waals surface area contributed by atoms with Gasteiger partial charge in [0.2, 0.25) is 0 Å². The Bertz CT molecular complexity index is 943. The van der Waals surface area contributed by atoms with Gasteiger partial charge in [-0.1, -0.05) is 58.0 Å². The molecule has 0 atom stereocenters. The van der Waals surface area contributed by atoms with Crippen LogP contribution in [0.3, 0.4) is 0 Å². The number of hydrogen-bond donors (Lipinski definition) is 1. The number of fused-ring (bicyclic) bond motifs is 2. The van der Waals surface area contributed by atoms with E-state index < -0.39 is 5.97 Å². The summed E-state index contributed by atoms with van der Waals surface area (Å²) >= 11 is 0. The molecule has 0 aromatic heterocycles. The lowest BCUT2D eigenvalue weighted by molar-refractivity contribution is 0.0697. The topological polar surface area (TPSA) is 37.3 Å². The van der Waals surface area contributed by atoms with E-state index in [1.54, 1.807) is 12.1 Å². The number of allylic oxidation sites excluding steroid dienone is 1. The predicted molar refractivity (Wildman–Crippen MR) is 111 cm³/mol. The highest BCUT2D eigenvalue weighted by Gasteiger charge is 2.38. The summed E-state index contributed by atoms with van der Waals surface area (Å²) in [5, 5.41) is 9.08. The fraction of sp³-hybridized carbons (Fsp3) is 0.400. The van der Waals surface area contributed by atoms with E-state index in [1.807, 2.05) is 12.1 Å². The zero-order valence-corrected chi connectivity index (χ0v) is 16.7. The van der Waals surface area contributed by atoms with Crippen LogP contribution < -0.4 is 0 Å². The van der Waals surface area contributed by atoms with Gasteiger partial charge in [-0.3, -0.25) is 0 Å². The largest absolute Gasteiger partial charge is 0.478 e. The fourth-order valence-corrected chi connectivity index (χ4v) is 4.64. The van der Waals surface area contributed by atoms with E-state index in [-0.39, 0.29) is 10.8 Å². The van der Waals surface area contributed by atoms with Crippen molar-refractivity contribution in [1.82, 2.24) is 0 Å². The minimum absolute atomic E-state index is 0.219. The second kappa shape index (κ2) is 6.09. The molecule has 0 unspecified atom stereocenters. The van der Waals surface area contributed by atoms with Gasteiger partial charge in [0.05, 0.1) is 5.56 Å². The zero-order valence-electron chi connectivity index (χ0n) is 16.7. The molecule has 2 aromatic rings. The number of hydrogen-bond acceptors (Lipinski definition) is 1. The SMILES string of the molecule is CC1(C)CCC(C)(C)c2cc3c(cc21)CC/C3=C\c1ccc(C(=O)O)cc1. The number of aryl methyl sites for hydroxylation is 1. The van der Waals surface area contributed by atoms with Crippen LogP contribution in [0, 0.1) is 0 Å². The van der Waals surface area contributed by atoms with Gasteiger partial charge in [-0.25, -0.2) is 4.79 Å². The lowest BCUT2D eigenvalue weighted by atomic mass is 9.62. The monoisotopic (exact) mass is 360 g/mol. The molecule has 140 valence electrons. The first kappa shape index (κ1) is 18.0. The Kier molecular flexibility index (Phi) is 4.06. The van der Waals surface area contributed by atoms with E-state index in [0.717, 1.165) is 18.4 Å². The minimum atomic E-state index is -0.878. The van der Waals surface area contributed by atoms with Gasteiger partial charge in [0.25, 0.3) is 0 Å². The molecule has 1 N–H and O–H groups in total. The van der Waals surface area contributed by atoms with E-state index in [2.05, 4.69) is 45.9 Å². The quantitative estimate of drug-likeness (QED) is 0.690. The predicted octanol–water partition coefficient (Wildman–Crippen LogP) is 6.22. The normalized spacial score (nSPS) is 21.0. The van der Waals surface area contributed by atoms with Gasteiger partial charge >= 0.3 is 5.97 Å². The van der Waals surface area contributed by atoms with Gasteiger partial charge in [0.15, 0.2) is 0 Å². The Morgan fingerprint density at radius 3 is 2.11 bits per heavy atom. The second-order valence-corrected chi connectivity index (χ2v) is 9.42. The number of rotatable bonds is 2. The number of carbonyl (C=O) groups is 1. The average molecular weight is 360 g/mol. The van der Waals surface area contributed by atoms with Crippen molar-refractivity contribution in [3.05, 3.63) is 69.8 Å². The lowest BCUT2D eigenvalue weighted by Gasteiger charge is -2.42. The summed E-state index contributed by atoms with van der Waals surface area (Å²) in [5.41, 5.74) is 9.14. The maximum absolute atomic E-state index is 11.1. The molecule has 0 saturated carbocycles. The molecular weight excluding hydrogens is 332 g/mol. The average Bonchev–Trinajstić information content (AvgIpc) is 3.01. The molecule has 2 nitrogen and oxygen atoms in total. The highest BCUT2D eigenvalue weighted by Crippen LogP contribution is 2.48. The Balaban J connectivity index is 1.77. The van der Waals surface area contributed by atoms with E-state index >= 15 is 0 Å². The maximum atomic E-state index is 11.1. The minimum Gasteiger partial charge on any atom is -0.478 e. The van der Waals surface area contributed by atoms with Gasteiger partial charge < -0.3 is 5.11 Å². The molecule has 2 aromatic carbocycles. The van der Waals surface area contributed by atoms with Crippen molar-refractivity contribution < 1.29 is 9.90 Å². The summed E-state index contributed by atoms with van der Waals surface area (Å²) in [6.45, 7) is 9.50. The van der Waals surface area contributed by atoms with Gasteiger partial charge in [-0.15, -0.1) is 0 Å². The lowest BCUT2D eigenvalue weighted by Crippen LogP contribution is -2.34. The molecule has 0 saturated heterocycles. The standard InChI is InChI=1S/C25H28O2/c1-24(2)11-12-25(3,4)22-15-20-18(9-10-19(20)14-21(22)24)13-16-5-7-17(8-6-16)23(26)27/h5-8,13-15H,9-12H2,1-4H3,(H,26,27)/b18-13+. The Hall–Kier alpha value is -2.35. The van der Waals surface area contributed by atoms with Crippen LogP contribution >= 0.6 is 0 Å². The Morgan fingerprint density at radius 1 is 0.926 bits per heavy atom. The summed E-state index contributed by atoms with van der Waals surface area (Å²) in [7, 11) is 0. The third kappa shape index (κ3) is 3.12. The van der Waals surface area contributed by atoms with E-state index in [0.29, 0.717) is 5.56 Å². The molecule has 2 heteroatoms. The third-order valence-electron chi connectivity index (χ3n) is 6.58. The van der Waals surface area contributed by atoms with Crippen LogP contribution in [0.2, 0.25) is 0 Å². The van der Waals surface area contributed by atoms with Gasteiger partial charge in [0, 0.05) is 0 Å². The zero-order chi connectivity index (χ0) is 19.4. The first-order valence-corrected chi connectivity index (χ1v) is 9.90. The van der Waals surface area contributed by atoms with E-state index in [9.17, 15) is 4.79 Å². The van der Waals surface area contributed by atoms with Crippen molar-refractivity contribution in [2.75, 3.05) is 0 Å². The van der Waals surface area contributed by atoms with Crippen molar-refractivity contribution >= 4 is 17.6 Å². The van der Waals surface area contributed by atoms with Crippen LogP contribution in [-0.2, 0) is 17.3 Å². The third-order valence-corrected chi connectivity index (χ3v) is 6.58.